The van der Waals surface area contributed by atoms with Gasteiger partial charge in [-0.05, 0) is 19.8 Å². The van der Waals surface area contributed by atoms with Crippen molar-refractivity contribution in [1.29, 1.82) is 0 Å². The van der Waals surface area contributed by atoms with Crippen LogP contribution in [0.1, 0.15) is 27.7 Å². The summed E-state index contributed by atoms with van der Waals surface area (Å²) >= 11 is 0. The molecule has 1 rings (SSSR count). The van der Waals surface area contributed by atoms with Gasteiger partial charge in [0.2, 0.25) is 10.0 Å². The Labute approximate surface area is 118 Å². The molecule has 1 fully saturated rings. The molecule has 0 bridgehead atoms. The Kier molecular flexibility index (Phi) is 6.73. The van der Waals surface area contributed by atoms with E-state index in [0.29, 0.717) is 19.0 Å². The van der Waals surface area contributed by atoms with Crippen molar-refractivity contribution in [2.24, 2.45) is 5.92 Å². The van der Waals surface area contributed by atoms with E-state index < -0.39 is 10.0 Å². The molecule has 0 aromatic carbocycles. The van der Waals surface area contributed by atoms with Crippen LogP contribution < -0.4 is 5.32 Å². The maximum Gasteiger partial charge on any atom is 0.215 e. The zero-order valence-electron chi connectivity index (χ0n) is 12.7. The zero-order chi connectivity index (χ0) is 14.5. The Bertz CT molecular complexity index is 349. The lowest BCUT2D eigenvalue weighted by Gasteiger charge is -2.30. The van der Waals surface area contributed by atoms with Crippen molar-refractivity contribution in [3.8, 4) is 0 Å². The van der Waals surface area contributed by atoms with Crippen LogP contribution >= 0.6 is 0 Å². The Morgan fingerprint density at radius 3 is 2.21 bits per heavy atom. The topological polar surface area (TPSA) is 52.7 Å². The lowest BCUT2D eigenvalue weighted by molar-refractivity contribution is 0.250. The minimum Gasteiger partial charge on any atom is -0.314 e. The summed E-state index contributed by atoms with van der Waals surface area (Å²) in [7, 11) is -3.14. The molecular weight excluding hydrogens is 262 g/mol. The molecule has 0 aliphatic carbocycles. The van der Waals surface area contributed by atoms with Crippen LogP contribution in [-0.4, -0.2) is 68.7 Å². The molecule has 1 aliphatic rings. The molecule has 0 aromatic rings. The molecule has 5 nitrogen and oxygen atoms in total. The molecule has 6 heteroatoms. The Hall–Kier alpha value is -0.170. The van der Waals surface area contributed by atoms with Crippen LogP contribution in [0.4, 0.5) is 0 Å². The van der Waals surface area contributed by atoms with Gasteiger partial charge in [-0.15, -0.1) is 0 Å². The largest absolute Gasteiger partial charge is 0.314 e. The fourth-order valence-electron chi connectivity index (χ4n) is 2.30. The Morgan fingerprint density at radius 1 is 1.16 bits per heavy atom. The number of rotatable bonds is 7. The molecule has 1 heterocycles. The second-order valence-corrected chi connectivity index (χ2v) is 8.01. The predicted molar refractivity (Wildman–Crippen MR) is 79.8 cm³/mol. The summed E-state index contributed by atoms with van der Waals surface area (Å²) in [6, 6.07) is 0.0374. The van der Waals surface area contributed by atoms with Crippen LogP contribution in [-0.2, 0) is 10.0 Å². The highest BCUT2D eigenvalue weighted by atomic mass is 32.2. The summed E-state index contributed by atoms with van der Waals surface area (Å²) in [6.07, 6.45) is 0. The van der Waals surface area contributed by atoms with Gasteiger partial charge in [-0.3, -0.25) is 4.90 Å². The van der Waals surface area contributed by atoms with Gasteiger partial charge in [0.05, 0.1) is 5.75 Å². The standard InChI is InChI=1S/C13H29N3O2S/c1-12(2)11-16(13(3)4)19(17,18)10-9-15-7-5-14-6-8-15/h12-14H,5-11H2,1-4H3. The highest BCUT2D eigenvalue weighted by molar-refractivity contribution is 7.89. The SMILES string of the molecule is CC(C)CN(C(C)C)S(=O)(=O)CCN1CCNCC1. The van der Waals surface area contributed by atoms with Crippen LogP contribution in [0.5, 0.6) is 0 Å². The van der Waals surface area contributed by atoms with Crippen molar-refractivity contribution >= 4 is 10.0 Å². The van der Waals surface area contributed by atoms with Gasteiger partial charge < -0.3 is 5.32 Å². The molecule has 1 N–H and O–H groups in total. The molecule has 1 aliphatic heterocycles. The minimum atomic E-state index is -3.14. The first-order chi connectivity index (χ1) is 8.83. The maximum absolute atomic E-state index is 12.4. The van der Waals surface area contributed by atoms with Crippen LogP contribution in [0.25, 0.3) is 0 Å². The zero-order valence-corrected chi connectivity index (χ0v) is 13.5. The summed E-state index contributed by atoms with van der Waals surface area (Å²) in [5.41, 5.74) is 0. The summed E-state index contributed by atoms with van der Waals surface area (Å²) in [6.45, 7) is 13.1. The summed E-state index contributed by atoms with van der Waals surface area (Å²) in [5.74, 6) is 0.592. The van der Waals surface area contributed by atoms with Gasteiger partial charge in [0.15, 0.2) is 0 Å². The van der Waals surface area contributed by atoms with Gasteiger partial charge in [0.1, 0.15) is 0 Å². The molecule has 0 saturated carbocycles. The van der Waals surface area contributed by atoms with Crippen molar-refractivity contribution in [1.82, 2.24) is 14.5 Å². The summed E-state index contributed by atoms with van der Waals surface area (Å²) in [5, 5.41) is 3.28. The van der Waals surface area contributed by atoms with Crippen LogP contribution in [0.2, 0.25) is 0 Å². The third-order valence-corrected chi connectivity index (χ3v) is 5.34. The van der Waals surface area contributed by atoms with E-state index in [2.05, 4.69) is 24.1 Å². The minimum absolute atomic E-state index is 0.0374. The van der Waals surface area contributed by atoms with E-state index in [1.807, 2.05) is 13.8 Å². The van der Waals surface area contributed by atoms with E-state index in [1.165, 1.54) is 0 Å². The number of piperazine rings is 1. The average Bonchev–Trinajstić information content (AvgIpc) is 2.34. The molecule has 19 heavy (non-hydrogen) atoms. The van der Waals surface area contributed by atoms with Crippen molar-refractivity contribution in [3.05, 3.63) is 0 Å². The predicted octanol–water partition coefficient (Wildman–Crippen LogP) is 0.588. The fourth-order valence-corrected chi connectivity index (χ4v) is 4.19. The molecule has 0 aromatic heterocycles. The van der Waals surface area contributed by atoms with E-state index in [9.17, 15) is 8.42 Å². The number of nitrogens with one attached hydrogen (secondary N) is 1. The third-order valence-electron chi connectivity index (χ3n) is 3.35. The molecule has 1 saturated heterocycles. The van der Waals surface area contributed by atoms with E-state index in [-0.39, 0.29) is 11.8 Å². The lowest BCUT2D eigenvalue weighted by atomic mass is 10.2. The van der Waals surface area contributed by atoms with E-state index in [4.69, 9.17) is 0 Å². The summed E-state index contributed by atoms with van der Waals surface area (Å²) in [4.78, 5) is 2.22. The normalized spacial score (nSPS) is 18.7. The monoisotopic (exact) mass is 291 g/mol. The number of hydrogen-bond donors (Lipinski definition) is 1. The third kappa shape index (κ3) is 5.77. The van der Waals surface area contributed by atoms with Crippen molar-refractivity contribution < 1.29 is 8.42 Å². The molecule has 0 spiro atoms. The van der Waals surface area contributed by atoms with Gasteiger partial charge >= 0.3 is 0 Å². The lowest BCUT2D eigenvalue weighted by Crippen LogP contribution is -2.47. The number of hydrogen-bond acceptors (Lipinski definition) is 4. The van der Waals surface area contributed by atoms with Crippen molar-refractivity contribution in [2.45, 2.75) is 33.7 Å². The van der Waals surface area contributed by atoms with Gasteiger partial charge in [-0.1, -0.05) is 13.8 Å². The van der Waals surface area contributed by atoms with Gasteiger partial charge in [-0.25, -0.2) is 8.42 Å². The highest BCUT2D eigenvalue weighted by Crippen LogP contribution is 2.11. The van der Waals surface area contributed by atoms with Crippen LogP contribution in [0, 0.1) is 5.92 Å². The first-order valence-corrected chi connectivity index (χ1v) is 8.86. The smallest absolute Gasteiger partial charge is 0.215 e. The van der Waals surface area contributed by atoms with Crippen LogP contribution in [0.3, 0.4) is 0 Å². The molecule has 0 atom stereocenters. The van der Waals surface area contributed by atoms with Crippen molar-refractivity contribution in [3.63, 3.8) is 0 Å². The molecule has 0 unspecified atom stereocenters. The number of sulfonamides is 1. The highest BCUT2D eigenvalue weighted by Gasteiger charge is 2.26. The Balaban J connectivity index is 2.55. The fraction of sp³-hybridized carbons (Fsp3) is 1.00. The molecule has 0 amide bonds. The first-order valence-electron chi connectivity index (χ1n) is 7.25. The number of nitrogens with zero attached hydrogens (tertiary/aromatic N) is 2. The van der Waals surface area contributed by atoms with Gasteiger partial charge in [0.25, 0.3) is 0 Å². The van der Waals surface area contributed by atoms with E-state index in [0.717, 1.165) is 26.2 Å². The Morgan fingerprint density at radius 2 is 1.74 bits per heavy atom. The van der Waals surface area contributed by atoms with E-state index >= 15 is 0 Å². The maximum atomic E-state index is 12.4. The summed E-state index contributed by atoms with van der Waals surface area (Å²) < 4.78 is 26.5. The van der Waals surface area contributed by atoms with E-state index in [1.54, 1.807) is 4.31 Å². The van der Waals surface area contributed by atoms with Gasteiger partial charge in [0, 0.05) is 45.3 Å². The molecule has 0 radical (unpaired) electrons. The van der Waals surface area contributed by atoms with Crippen molar-refractivity contribution in [2.75, 3.05) is 45.0 Å². The first kappa shape index (κ1) is 16.9. The second-order valence-electron chi connectivity index (χ2n) is 5.96. The van der Waals surface area contributed by atoms with Crippen LogP contribution in [0.15, 0.2) is 0 Å². The van der Waals surface area contributed by atoms with Gasteiger partial charge in [-0.2, -0.15) is 4.31 Å². The molecular formula is C13H29N3O2S. The second kappa shape index (κ2) is 7.57. The quantitative estimate of drug-likeness (QED) is 0.746. The molecule has 114 valence electrons. The average molecular weight is 291 g/mol.